The maximum atomic E-state index is 5.34. The van der Waals surface area contributed by atoms with E-state index < -0.39 is 0 Å². The van der Waals surface area contributed by atoms with E-state index >= 15 is 0 Å². The maximum absolute atomic E-state index is 5.34. The standard InChI is InChI=1S/C9H8O.2Cu.Zr/c1-2-6-9-8(4-1)5-3-7-10-9;;;/h1-6H,7H2;;;. The van der Waals surface area contributed by atoms with Crippen LogP contribution < -0.4 is 4.74 Å². The molecule has 0 saturated carbocycles. The number of para-hydroxylation sites is 1. The first-order valence-corrected chi connectivity index (χ1v) is 3.35. The average molecular weight is 350 g/mol. The molecule has 1 aliphatic rings. The molecule has 0 spiro atoms. The average Bonchev–Trinajstić information content (AvgIpc) is 2.05. The number of benzene rings is 1. The zero-order chi connectivity index (χ0) is 6.81. The number of fused-ring (bicyclic) bond motifs is 1. The van der Waals surface area contributed by atoms with E-state index in [0.29, 0.717) is 6.61 Å². The Bertz CT molecular complexity index is 276. The maximum Gasteiger partial charge on any atom is 0.126 e. The summed E-state index contributed by atoms with van der Waals surface area (Å²) in [6.45, 7) is 0.705. The van der Waals surface area contributed by atoms with E-state index in [1.807, 2.05) is 30.3 Å². The van der Waals surface area contributed by atoms with Gasteiger partial charge in [-0.05, 0) is 12.1 Å². The van der Waals surface area contributed by atoms with E-state index in [9.17, 15) is 0 Å². The third kappa shape index (κ3) is 4.15. The first kappa shape index (κ1) is 16.1. The van der Waals surface area contributed by atoms with Crippen LogP contribution in [0.3, 0.4) is 0 Å². The largest absolute Gasteiger partial charge is 0.489 e. The van der Waals surface area contributed by atoms with Crippen molar-refractivity contribution in [2.75, 3.05) is 6.61 Å². The van der Waals surface area contributed by atoms with Crippen LogP contribution in [0.2, 0.25) is 0 Å². The topological polar surface area (TPSA) is 9.23 Å². The molecule has 0 N–H and O–H groups in total. The summed E-state index contributed by atoms with van der Waals surface area (Å²) in [5, 5.41) is 0. The van der Waals surface area contributed by atoms with Gasteiger partial charge in [0.05, 0.1) is 0 Å². The SMILES string of the molecule is C1=Cc2ccccc2OC1.[Cu].[Cu].[Zr]. The summed E-state index contributed by atoms with van der Waals surface area (Å²) in [6, 6.07) is 8.03. The van der Waals surface area contributed by atoms with Gasteiger partial charge in [-0.25, -0.2) is 0 Å². The van der Waals surface area contributed by atoms with E-state index in [2.05, 4.69) is 6.08 Å². The molecule has 0 atom stereocenters. The van der Waals surface area contributed by atoms with Crippen LogP contribution in [-0.2, 0) is 60.3 Å². The summed E-state index contributed by atoms with van der Waals surface area (Å²) in [4.78, 5) is 0. The van der Waals surface area contributed by atoms with Crippen molar-refractivity contribution in [1.82, 2.24) is 0 Å². The van der Waals surface area contributed by atoms with Crippen molar-refractivity contribution < 1.29 is 65.1 Å². The van der Waals surface area contributed by atoms with E-state index in [1.54, 1.807) is 0 Å². The molecule has 0 amide bonds. The van der Waals surface area contributed by atoms with Gasteiger partial charge in [-0.2, -0.15) is 0 Å². The second-order valence-electron chi connectivity index (χ2n) is 2.25. The van der Waals surface area contributed by atoms with Crippen molar-refractivity contribution in [2.45, 2.75) is 0 Å². The van der Waals surface area contributed by atoms with E-state index in [0.717, 1.165) is 5.75 Å². The normalized spacial score (nSPS) is 10.8. The number of rotatable bonds is 0. The van der Waals surface area contributed by atoms with Gasteiger partial charge in [0.15, 0.2) is 0 Å². The molecule has 0 unspecified atom stereocenters. The zero-order valence-corrected chi connectivity index (χ0v) is 11.0. The Hall–Kier alpha value is 0.682. The molecule has 2 radical (unpaired) electrons. The van der Waals surface area contributed by atoms with Gasteiger partial charge in [-0.15, -0.1) is 0 Å². The molecule has 13 heavy (non-hydrogen) atoms. The molecule has 0 fully saturated rings. The summed E-state index contributed by atoms with van der Waals surface area (Å²) < 4.78 is 5.34. The van der Waals surface area contributed by atoms with Crippen LogP contribution in [0.15, 0.2) is 30.3 Å². The van der Waals surface area contributed by atoms with Crippen LogP contribution in [-0.4, -0.2) is 6.61 Å². The van der Waals surface area contributed by atoms with Crippen LogP contribution in [0, 0.1) is 0 Å². The Balaban J connectivity index is 0. The van der Waals surface area contributed by atoms with E-state index in [4.69, 9.17) is 4.74 Å². The minimum absolute atomic E-state index is 0. The fraction of sp³-hybridized carbons (Fsp3) is 0.111. The predicted octanol–water partition coefficient (Wildman–Crippen LogP) is 2.08. The van der Waals surface area contributed by atoms with Crippen LogP contribution in [0.1, 0.15) is 5.56 Å². The Kier molecular flexibility index (Phi) is 9.96. The van der Waals surface area contributed by atoms with Gasteiger partial charge < -0.3 is 4.74 Å². The number of hydrogen-bond acceptors (Lipinski definition) is 1. The van der Waals surface area contributed by atoms with Crippen LogP contribution >= 0.6 is 0 Å². The summed E-state index contributed by atoms with van der Waals surface area (Å²) in [5.74, 6) is 0.991. The molecule has 1 aromatic carbocycles. The van der Waals surface area contributed by atoms with Crippen LogP contribution in [0.25, 0.3) is 6.08 Å². The Labute approximate surface area is 118 Å². The quantitative estimate of drug-likeness (QED) is 0.651. The predicted molar refractivity (Wildman–Crippen MR) is 41.0 cm³/mol. The minimum Gasteiger partial charge on any atom is -0.489 e. The molecule has 0 aromatic heterocycles. The second kappa shape index (κ2) is 8.03. The summed E-state index contributed by atoms with van der Waals surface area (Å²) in [5.41, 5.74) is 1.17. The molecule has 1 nitrogen and oxygen atoms in total. The Morgan fingerprint density at radius 3 is 2.46 bits per heavy atom. The molecule has 0 saturated heterocycles. The molecule has 1 aliphatic heterocycles. The fourth-order valence-electron chi connectivity index (χ4n) is 1.06. The molecule has 0 aliphatic carbocycles. The first-order valence-electron chi connectivity index (χ1n) is 3.35. The first-order chi connectivity index (χ1) is 4.97. The summed E-state index contributed by atoms with van der Waals surface area (Å²) in [6.07, 6.45) is 4.10. The van der Waals surface area contributed by atoms with Crippen molar-refractivity contribution in [2.24, 2.45) is 0 Å². The molecule has 0 bridgehead atoms. The van der Waals surface area contributed by atoms with E-state index in [1.165, 1.54) is 5.56 Å². The van der Waals surface area contributed by atoms with Crippen LogP contribution in [0.5, 0.6) is 5.75 Å². The van der Waals surface area contributed by atoms with Crippen molar-refractivity contribution in [3.05, 3.63) is 35.9 Å². The van der Waals surface area contributed by atoms with Crippen molar-refractivity contribution in [1.29, 1.82) is 0 Å². The zero-order valence-electron chi connectivity index (χ0n) is 6.68. The van der Waals surface area contributed by atoms with Crippen LogP contribution in [0.4, 0.5) is 0 Å². The van der Waals surface area contributed by atoms with Gasteiger partial charge in [-0.1, -0.05) is 24.3 Å². The molecule has 1 heterocycles. The second-order valence-corrected chi connectivity index (χ2v) is 2.25. The van der Waals surface area contributed by atoms with Crippen molar-refractivity contribution >= 4 is 6.08 Å². The molecular formula is C9H8Cu2OZr. The smallest absolute Gasteiger partial charge is 0.126 e. The molecule has 1 aromatic rings. The molecule has 4 heteroatoms. The Morgan fingerprint density at radius 2 is 1.77 bits per heavy atom. The van der Waals surface area contributed by atoms with Gasteiger partial charge in [0.25, 0.3) is 0 Å². The summed E-state index contributed by atoms with van der Waals surface area (Å²) >= 11 is 0. The van der Waals surface area contributed by atoms with Gasteiger partial charge in [-0.3, -0.25) is 0 Å². The molecule has 2 rings (SSSR count). The molecule has 76 valence electrons. The third-order valence-electron chi connectivity index (χ3n) is 1.55. The third-order valence-corrected chi connectivity index (χ3v) is 1.55. The van der Waals surface area contributed by atoms with Gasteiger partial charge >= 0.3 is 0 Å². The molecular weight excluding hydrogens is 342 g/mol. The summed E-state index contributed by atoms with van der Waals surface area (Å²) in [7, 11) is 0. The fourth-order valence-corrected chi connectivity index (χ4v) is 1.06. The van der Waals surface area contributed by atoms with Crippen molar-refractivity contribution in [3.63, 3.8) is 0 Å². The minimum atomic E-state index is 0. The Morgan fingerprint density at radius 1 is 1.08 bits per heavy atom. The van der Waals surface area contributed by atoms with Crippen molar-refractivity contribution in [3.8, 4) is 5.75 Å². The number of ether oxygens (including phenoxy) is 1. The monoisotopic (exact) mass is 348 g/mol. The van der Waals surface area contributed by atoms with Gasteiger partial charge in [0.1, 0.15) is 12.4 Å². The van der Waals surface area contributed by atoms with E-state index in [-0.39, 0.29) is 60.3 Å². The number of hydrogen-bond donors (Lipinski definition) is 0. The van der Waals surface area contributed by atoms with Gasteiger partial charge in [0, 0.05) is 65.9 Å². The van der Waals surface area contributed by atoms with Gasteiger partial charge in [0.2, 0.25) is 0 Å².